The Morgan fingerprint density at radius 2 is 1.67 bits per heavy atom. The fourth-order valence-corrected chi connectivity index (χ4v) is 4.78. The number of amides is 1. The number of carbonyl (C=O) groups is 1. The van der Waals surface area contributed by atoms with Crippen LogP contribution in [0, 0.1) is 6.92 Å². The largest absolute Gasteiger partial charge is 0.384 e. The summed E-state index contributed by atoms with van der Waals surface area (Å²) in [5.74, 6) is 0.568. The molecule has 0 aliphatic heterocycles. The van der Waals surface area contributed by atoms with E-state index in [2.05, 4.69) is 82.5 Å². The van der Waals surface area contributed by atoms with Crippen molar-refractivity contribution in [3.8, 4) is 0 Å². The molecule has 0 bridgehead atoms. The van der Waals surface area contributed by atoms with Crippen molar-refractivity contribution in [2.75, 3.05) is 7.05 Å². The van der Waals surface area contributed by atoms with Gasteiger partial charge in [0.25, 0.3) is 0 Å². The highest BCUT2D eigenvalue weighted by Crippen LogP contribution is 2.24. The molecule has 0 radical (unpaired) electrons. The van der Waals surface area contributed by atoms with E-state index in [1.54, 1.807) is 7.05 Å². The van der Waals surface area contributed by atoms with Crippen molar-refractivity contribution >= 4 is 33.9 Å². The molecule has 1 aliphatic carbocycles. The standard InChI is InChI=1S/C22H21N3.C7H13NO.C2H6/c1-15-11-19-9-10-20(22(23)24-2)13-21(19)25(15)14-16-7-8-17-5-3-4-6-18(17)12-16;9-6-8-7-4-2-1-3-5-7;1-2/h3-13H,14H2,1-2H3,(H2,23,24);6-7H,1-5H2,(H,8,9);1-2H3. The molecular weight excluding hydrogens is 444 g/mol. The van der Waals surface area contributed by atoms with Crippen LogP contribution in [0.1, 0.15) is 62.8 Å². The van der Waals surface area contributed by atoms with Crippen LogP contribution in [0.25, 0.3) is 21.7 Å². The number of hydrogen-bond donors (Lipinski definition) is 2. The summed E-state index contributed by atoms with van der Waals surface area (Å²) >= 11 is 0. The summed E-state index contributed by atoms with van der Waals surface area (Å²) < 4.78 is 2.34. The van der Waals surface area contributed by atoms with Crippen LogP contribution in [0.2, 0.25) is 0 Å². The summed E-state index contributed by atoms with van der Waals surface area (Å²) in [6.45, 7) is 6.99. The second-order valence-corrected chi connectivity index (χ2v) is 9.06. The highest BCUT2D eigenvalue weighted by Gasteiger charge is 2.11. The number of aryl methyl sites for hydroxylation is 1. The molecule has 1 aromatic heterocycles. The predicted octanol–water partition coefficient (Wildman–Crippen LogP) is 6.58. The molecule has 4 aromatic rings. The highest BCUT2D eigenvalue weighted by molar-refractivity contribution is 6.00. The summed E-state index contributed by atoms with van der Waals surface area (Å²) in [4.78, 5) is 14.1. The number of benzene rings is 3. The number of aliphatic imine (C=N–C) groups is 1. The lowest BCUT2D eigenvalue weighted by Gasteiger charge is -2.19. The zero-order chi connectivity index (χ0) is 25.9. The normalized spacial score (nSPS) is 13.9. The van der Waals surface area contributed by atoms with Gasteiger partial charge in [-0.25, -0.2) is 0 Å². The van der Waals surface area contributed by atoms with Crippen LogP contribution in [-0.2, 0) is 11.3 Å². The highest BCUT2D eigenvalue weighted by atomic mass is 16.1. The van der Waals surface area contributed by atoms with Gasteiger partial charge in [0.15, 0.2) is 0 Å². The molecule has 1 amide bonds. The van der Waals surface area contributed by atoms with Crippen molar-refractivity contribution in [3.63, 3.8) is 0 Å². The van der Waals surface area contributed by atoms with Gasteiger partial charge in [-0.1, -0.05) is 81.6 Å². The van der Waals surface area contributed by atoms with E-state index < -0.39 is 0 Å². The van der Waals surface area contributed by atoms with Gasteiger partial charge >= 0.3 is 0 Å². The zero-order valence-corrected chi connectivity index (χ0v) is 22.1. The quantitative estimate of drug-likeness (QED) is 0.191. The van der Waals surface area contributed by atoms with E-state index >= 15 is 0 Å². The van der Waals surface area contributed by atoms with E-state index in [0.717, 1.165) is 18.5 Å². The lowest BCUT2D eigenvalue weighted by atomic mass is 9.96. The van der Waals surface area contributed by atoms with Crippen molar-refractivity contribution < 1.29 is 4.79 Å². The molecule has 5 rings (SSSR count). The van der Waals surface area contributed by atoms with Gasteiger partial charge in [-0.3, -0.25) is 9.79 Å². The molecule has 3 aromatic carbocycles. The van der Waals surface area contributed by atoms with Gasteiger partial charge in [-0.2, -0.15) is 0 Å². The molecule has 5 heteroatoms. The molecule has 0 atom stereocenters. The number of nitrogens with two attached hydrogens (primary N) is 1. The summed E-state index contributed by atoms with van der Waals surface area (Å²) in [7, 11) is 1.72. The third-order valence-corrected chi connectivity index (χ3v) is 6.71. The van der Waals surface area contributed by atoms with Gasteiger partial charge in [0.1, 0.15) is 5.84 Å². The number of amidine groups is 1. The molecule has 3 N–H and O–H groups in total. The third-order valence-electron chi connectivity index (χ3n) is 6.71. The average molecular weight is 485 g/mol. The molecule has 1 saturated carbocycles. The molecule has 1 heterocycles. The molecule has 1 fully saturated rings. The van der Waals surface area contributed by atoms with Crippen LogP contribution in [0.3, 0.4) is 0 Å². The first-order chi connectivity index (χ1) is 17.6. The van der Waals surface area contributed by atoms with Crippen LogP contribution < -0.4 is 11.1 Å². The van der Waals surface area contributed by atoms with Crippen molar-refractivity contribution in [1.82, 2.24) is 9.88 Å². The first kappa shape index (κ1) is 27.0. The number of hydrogen-bond acceptors (Lipinski definition) is 2. The Bertz CT molecular complexity index is 1300. The monoisotopic (exact) mass is 484 g/mol. The second kappa shape index (κ2) is 13.5. The van der Waals surface area contributed by atoms with E-state index in [4.69, 9.17) is 5.73 Å². The second-order valence-electron chi connectivity index (χ2n) is 9.06. The van der Waals surface area contributed by atoms with Crippen molar-refractivity contribution in [3.05, 3.63) is 83.6 Å². The minimum absolute atomic E-state index is 0.483. The van der Waals surface area contributed by atoms with Crippen LogP contribution >= 0.6 is 0 Å². The van der Waals surface area contributed by atoms with Gasteiger partial charge in [0, 0.05) is 36.4 Å². The number of fused-ring (bicyclic) bond motifs is 2. The maximum Gasteiger partial charge on any atom is 0.207 e. The number of nitrogens with one attached hydrogen (secondary N) is 1. The van der Waals surface area contributed by atoms with Gasteiger partial charge in [-0.15, -0.1) is 0 Å². The Hall–Kier alpha value is -3.60. The third kappa shape index (κ3) is 6.75. The molecule has 0 saturated heterocycles. The number of rotatable bonds is 5. The smallest absolute Gasteiger partial charge is 0.207 e. The maximum absolute atomic E-state index is 9.96. The SMILES string of the molecule is CC.CN=C(N)c1ccc2cc(C)n(Cc3ccc4ccccc4c3)c2c1.O=CNC1CCCCC1. The Morgan fingerprint density at radius 1 is 0.972 bits per heavy atom. The fourth-order valence-electron chi connectivity index (χ4n) is 4.78. The van der Waals surface area contributed by atoms with E-state index in [1.807, 2.05) is 19.9 Å². The first-order valence-corrected chi connectivity index (χ1v) is 13.1. The van der Waals surface area contributed by atoms with Crippen LogP contribution in [-0.4, -0.2) is 29.9 Å². The lowest BCUT2D eigenvalue weighted by molar-refractivity contribution is -0.110. The molecular formula is C31H40N4O. The number of aromatic nitrogens is 1. The Kier molecular flexibility index (Phi) is 10.1. The summed E-state index contributed by atoms with van der Waals surface area (Å²) in [6, 6.07) is 24.1. The number of nitrogens with zero attached hydrogens (tertiary/aromatic N) is 2. The minimum atomic E-state index is 0.483. The van der Waals surface area contributed by atoms with E-state index in [9.17, 15) is 4.79 Å². The van der Waals surface area contributed by atoms with Gasteiger partial charge in [0.05, 0.1) is 0 Å². The molecule has 36 heavy (non-hydrogen) atoms. The van der Waals surface area contributed by atoms with Gasteiger partial charge in [0.2, 0.25) is 6.41 Å². The zero-order valence-electron chi connectivity index (χ0n) is 22.1. The molecule has 1 aliphatic rings. The maximum atomic E-state index is 9.96. The van der Waals surface area contributed by atoms with E-state index in [0.29, 0.717) is 11.9 Å². The topological polar surface area (TPSA) is 72.4 Å². The predicted molar refractivity (Wildman–Crippen MR) is 154 cm³/mol. The average Bonchev–Trinajstić information content (AvgIpc) is 3.24. The van der Waals surface area contributed by atoms with Crippen LogP contribution in [0.15, 0.2) is 71.7 Å². The summed E-state index contributed by atoms with van der Waals surface area (Å²) in [6.07, 6.45) is 7.08. The minimum Gasteiger partial charge on any atom is -0.384 e. The fraction of sp³-hybridized carbons (Fsp3) is 0.355. The molecule has 190 valence electrons. The molecule has 5 nitrogen and oxygen atoms in total. The Morgan fingerprint density at radius 3 is 2.36 bits per heavy atom. The van der Waals surface area contributed by atoms with Crippen molar-refractivity contribution in [1.29, 1.82) is 0 Å². The van der Waals surface area contributed by atoms with E-state index in [1.165, 1.54) is 65.0 Å². The van der Waals surface area contributed by atoms with Gasteiger partial charge < -0.3 is 15.6 Å². The lowest BCUT2D eigenvalue weighted by Crippen LogP contribution is -2.29. The van der Waals surface area contributed by atoms with E-state index in [-0.39, 0.29) is 0 Å². The molecule has 0 spiro atoms. The Balaban J connectivity index is 0.000000276. The first-order valence-electron chi connectivity index (χ1n) is 13.1. The molecule has 0 unspecified atom stereocenters. The number of carbonyl (C=O) groups excluding carboxylic acids is 1. The van der Waals surface area contributed by atoms with Crippen molar-refractivity contribution in [2.45, 2.75) is 65.5 Å². The Labute approximate surface area is 215 Å². The van der Waals surface area contributed by atoms with Crippen molar-refractivity contribution in [2.24, 2.45) is 10.7 Å². The van der Waals surface area contributed by atoms with Gasteiger partial charge in [-0.05, 0) is 59.7 Å². The summed E-state index contributed by atoms with van der Waals surface area (Å²) in [5.41, 5.74) is 10.7. The van der Waals surface area contributed by atoms with Crippen LogP contribution in [0.4, 0.5) is 0 Å². The summed E-state index contributed by atoms with van der Waals surface area (Å²) in [5, 5.41) is 6.58. The van der Waals surface area contributed by atoms with Crippen LogP contribution in [0.5, 0.6) is 0 Å².